The maximum Gasteiger partial charge on any atom is 0.358 e. The predicted octanol–water partition coefficient (Wildman–Crippen LogP) is 0.633. The molecule has 0 saturated heterocycles. The van der Waals surface area contributed by atoms with E-state index in [9.17, 15) is 13.2 Å². The third kappa shape index (κ3) is 3.65. The Morgan fingerprint density at radius 2 is 2.19 bits per heavy atom. The van der Waals surface area contributed by atoms with Crippen molar-refractivity contribution in [1.29, 1.82) is 0 Å². The number of hydrogen-bond acceptors (Lipinski definition) is 6. The number of nitrogens with one attached hydrogen (secondary N) is 1. The molecule has 0 aliphatic heterocycles. The van der Waals surface area contributed by atoms with Gasteiger partial charge in [0.25, 0.3) is 0 Å². The van der Waals surface area contributed by atoms with Crippen LogP contribution in [0.4, 0.5) is 0 Å². The van der Waals surface area contributed by atoms with Crippen LogP contribution in [0.2, 0.25) is 0 Å². The molecule has 2 aromatic rings. The van der Waals surface area contributed by atoms with Crippen LogP contribution in [-0.2, 0) is 16.6 Å². The minimum Gasteiger partial charge on any atom is -0.476 e. The standard InChI is InChI=1S/C11H14N4O4S2/c1-7-5-8(2)20-11(7)21(18,19)12-3-4-15-6-9(10(16)17)13-14-15/h5-6,12H,3-4H2,1-2H3,(H,16,17). The molecule has 0 unspecified atom stereocenters. The van der Waals surface area contributed by atoms with Crippen molar-refractivity contribution in [3.8, 4) is 0 Å². The van der Waals surface area contributed by atoms with Crippen LogP contribution in [0.1, 0.15) is 20.9 Å². The third-order valence-corrected chi connectivity index (χ3v) is 5.88. The predicted molar refractivity (Wildman–Crippen MR) is 76.0 cm³/mol. The maximum atomic E-state index is 12.1. The average Bonchev–Trinajstić information content (AvgIpc) is 2.96. The van der Waals surface area contributed by atoms with Crippen molar-refractivity contribution in [3.63, 3.8) is 0 Å². The first-order chi connectivity index (χ1) is 9.79. The molecule has 0 atom stereocenters. The highest BCUT2D eigenvalue weighted by molar-refractivity contribution is 7.91. The van der Waals surface area contributed by atoms with Gasteiger partial charge in [-0.1, -0.05) is 5.21 Å². The van der Waals surface area contributed by atoms with Gasteiger partial charge in [0.1, 0.15) is 4.21 Å². The van der Waals surface area contributed by atoms with Gasteiger partial charge in [0, 0.05) is 11.4 Å². The van der Waals surface area contributed by atoms with E-state index in [1.807, 2.05) is 13.0 Å². The Morgan fingerprint density at radius 3 is 2.71 bits per heavy atom. The number of hydrogen-bond donors (Lipinski definition) is 2. The first-order valence-electron chi connectivity index (χ1n) is 6.00. The number of carboxylic acids is 1. The van der Waals surface area contributed by atoms with E-state index in [1.165, 1.54) is 22.2 Å². The molecule has 21 heavy (non-hydrogen) atoms. The molecule has 0 aliphatic rings. The summed E-state index contributed by atoms with van der Waals surface area (Å²) >= 11 is 1.21. The molecule has 0 bridgehead atoms. The summed E-state index contributed by atoms with van der Waals surface area (Å²) in [6.07, 6.45) is 1.25. The number of sulfonamides is 1. The number of aryl methyl sites for hydroxylation is 2. The first-order valence-corrected chi connectivity index (χ1v) is 8.29. The quantitative estimate of drug-likeness (QED) is 0.803. The summed E-state index contributed by atoms with van der Waals surface area (Å²) in [5, 5.41) is 15.8. The lowest BCUT2D eigenvalue weighted by Gasteiger charge is -2.05. The molecular formula is C11H14N4O4S2. The molecule has 0 spiro atoms. The highest BCUT2D eigenvalue weighted by Gasteiger charge is 2.19. The summed E-state index contributed by atoms with van der Waals surface area (Å²) in [5.74, 6) is -1.17. The zero-order valence-electron chi connectivity index (χ0n) is 11.4. The van der Waals surface area contributed by atoms with Crippen LogP contribution >= 0.6 is 11.3 Å². The molecule has 0 saturated carbocycles. The molecule has 0 aromatic carbocycles. The summed E-state index contributed by atoms with van der Waals surface area (Å²) in [4.78, 5) is 11.6. The van der Waals surface area contributed by atoms with Gasteiger partial charge in [-0.15, -0.1) is 16.4 Å². The van der Waals surface area contributed by atoms with Gasteiger partial charge in [-0.2, -0.15) is 0 Å². The Kier molecular flexibility index (Phi) is 4.40. The molecule has 2 heterocycles. The van der Waals surface area contributed by atoms with E-state index in [0.29, 0.717) is 9.77 Å². The van der Waals surface area contributed by atoms with Crippen LogP contribution in [0.15, 0.2) is 16.5 Å². The smallest absolute Gasteiger partial charge is 0.358 e. The number of thiophene rings is 1. The van der Waals surface area contributed by atoms with E-state index >= 15 is 0 Å². The Balaban J connectivity index is 1.99. The number of nitrogens with zero attached hydrogens (tertiary/aromatic N) is 3. The second-order valence-corrected chi connectivity index (χ2v) is 7.62. The molecule has 8 nitrogen and oxygen atoms in total. The summed E-state index contributed by atoms with van der Waals surface area (Å²) in [7, 11) is -3.56. The highest BCUT2D eigenvalue weighted by Crippen LogP contribution is 2.25. The fourth-order valence-electron chi connectivity index (χ4n) is 1.75. The lowest BCUT2D eigenvalue weighted by atomic mass is 10.4. The van der Waals surface area contributed by atoms with E-state index in [4.69, 9.17) is 5.11 Å². The number of aromatic carboxylic acids is 1. The second-order valence-electron chi connectivity index (χ2n) is 4.40. The van der Waals surface area contributed by atoms with Crippen molar-refractivity contribution >= 4 is 27.3 Å². The van der Waals surface area contributed by atoms with Crippen LogP contribution in [0.25, 0.3) is 0 Å². The topological polar surface area (TPSA) is 114 Å². The maximum absolute atomic E-state index is 12.1. The van der Waals surface area contributed by atoms with Crippen molar-refractivity contribution in [1.82, 2.24) is 19.7 Å². The first kappa shape index (κ1) is 15.6. The molecule has 0 fully saturated rings. The number of rotatable bonds is 6. The SMILES string of the molecule is Cc1cc(C)c(S(=O)(=O)NCCn2cc(C(=O)O)nn2)s1. The summed E-state index contributed by atoms with van der Waals surface area (Å²) in [6.45, 7) is 3.89. The molecule has 114 valence electrons. The number of carboxylic acid groups (broad SMARTS) is 1. The van der Waals surface area contributed by atoms with E-state index in [2.05, 4.69) is 15.0 Å². The van der Waals surface area contributed by atoms with Gasteiger partial charge in [0.15, 0.2) is 5.69 Å². The molecule has 0 aliphatic carbocycles. The Bertz CT molecular complexity index is 763. The fraction of sp³-hybridized carbons (Fsp3) is 0.364. The molecule has 0 radical (unpaired) electrons. The van der Waals surface area contributed by atoms with Crippen LogP contribution in [0, 0.1) is 13.8 Å². The van der Waals surface area contributed by atoms with Gasteiger partial charge >= 0.3 is 5.97 Å². The van der Waals surface area contributed by atoms with Crippen molar-refractivity contribution in [2.45, 2.75) is 24.6 Å². The Morgan fingerprint density at radius 1 is 1.48 bits per heavy atom. The number of carbonyl (C=O) groups is 1. The van der Waals surface area contributed by atoms with Gasteiger partial charge < -0.3 is 5.11 Å². The normalized spacial score (nSPS) is 11.7. The summed E-state index contributed by atoms with van der Waals surface area (Å²) in [5.41, 5.74) is 0.529. The number of aromatic nitrogens is 3. The van der Waals surface area contributed by atoms with Crippen molar-refractivity contribution in [3.05, 3.63) is 28.4 Å². The van der Waals surface area contributed by atoms with Crippen LogP contribution < -0.4 is 4.72 Å². The molecule has 2 aromatic heterocycles. The van der Waals surface area contributed by atoms with E-state index in [1.54, 1.807) is 6.92 Å². The van der Waals surface area contributed by atoms with Gasteiger partial charge in [-0.3, -0.25) is 4.68 Å². The molecule has 0 amide bonds. The molecule has 10 heteroatoms. The Hall–Kier alpha value is -1.78. The van der Waals surface area contributed by atoms with Crippen molar-refractivity contribution < 1.29 is 18.3 Å². The Labute approximate surface area is 125 Å². The van der Waals surface area contributed by atoms with Crippen LogP contribution in [-0.4, -0.2) is 41.0 Å². The zero-order valence-corrected chi connectivity index (χ0v) is 13.0. The van der Waals surface area contributed by atoms with Gasteiger partial charge in [0.05, 0.1) is 12.7 Å². The van der Waals surface area contributed by atoms with Gasteiger partial charge in [0.2, 0.25) is 10.0 Å². The highest BCUT2D eigenvalue weighted by atomic mass is 32.2. The molecule has 2 N–H and O–H groups in total. The summed E-state index contributed by atoms with van der Waals surface area (Å²) in [6, 6.07) is 1.82. The monoisotopic (exact) mass is 330 g/mol. The second kappa shape index (κ2) is 5.92. The summed E-state index contributed by atoms with van der Waals surface area (Å²) < 4.78 is 28.3. The lowest BCUT2D eigenvalue weighted by molar-refractivity contribution is 0.0690. The largest absolute Gasteiger partial charge is 0.476 e. The lowest BCUT2D eigenvalue weighted by Crippen LogP contribution is -2.27. The van der Waals surface area contributed by atoms with Crippen molar-refractivity contribution in [2.24, 2.45) is 0 Å². The van der Waals surface area contributed by atoms with E-state index < -0.39 is 16.0 Å². The van der Waals surface area contributed by atoms with Crippen molar-refractivity contribution in [2.75, 3.05) is 6.54 Å². The fourth-order valence-corrected chi connectivity index (χ4v) is 4.48. The minimum absolute atomic E-state index is 0.0984. The molecular weight excluding hydrogens is 316 g/mol. The molecule has 2 rings (SSSR count). The van der Waals surface area contributed by atoms with Crippen LogP contribution in [0.3, 0.4) is 0 Å². The van der Waals surface area contributed by atoms with Gasteiger partial charge in [-0.05, 0) is 25.5 Å². The van der Waals surface area contributed by atoms with Gasteiger partial charge in [-0.25, -0.2) is 17.9 Å². The van der Waals surface area contributed by atoms with E-state index in [-0.39, 0.29) is 18.8 Å². The third-order valence-electron chi connectivity index (χ3n) is 2.63. The minimum atomic E-state index is -3.56. The average molecular weight is 330 g/mol. The van der Waals surface area contributed by atoms with E-state index in [0.717, 1.165) is 4.88 Å². The zero-order chi connectivity index (χ0) is 15.6. The van der Waals surface area contributed by atoms with Crippen LogP contribution in [0.5, 0.6) is 0 Å².